The maximum atomic E-state index is 12.5. The third-order valence-electron chi connectivity index (χ3n) is 4.97. The molecule has 1 heterocycles. The number of ether oxygens (including phenoxy) is 2. The first-order valence-corrected chi connectivity index (χ1v) is 9.81. The Kier molecular flexibility index (Phi) is 7.00. The van der Waals surface area contributed by atoms with E-state index in [1.165, 1.54) is 25.7 Å². The molecule has 1 saturated heterocycles. The summed E-state index contributed by atoms with van der Waals surface area (Å²) >= 11 is 0. The van der Waals surface area contributed by atoms with Gasteiger partial charge in [0.1, 0.15) is 11.5 Å². The van der Waals surface area contributed by atoms with Crippen LogP contribution >= 0.6 is 0 Å². The quantitative estimate of drug-likeness (QED) is 0.753. The zero-order valence-corrected chi connectivity index (χ0v) is 16.7. The molecule has 1 aliphatic heterocycles. The van der Waals surface area contributed by atoms with Crippen LogP contribution in [0.5, 0.6) is 11.5 Å². The van der Waals surface area contributed by atoms with E-state index in [2.05, 4.69) is 21.6 Å². The summed E-state index contributed by atoms with van der Waals surface area (Å²) in [6.45, 7) is 2.29. The van der Waals surface area contributed by atoms with Crippen LogP contribution in [-0.4, -0.2) is 39.8 Å². The monoisotopic (exact) mass is 383 g/mol. The molecule has 1 aliphatic rings. The van der Waals surface area contributed by atoms with Crippen LogP contribution in [0.3, 0.4) is 0 Å². The van der Waals surface area contributed by atoms with Crippen molar-refractivity contribution in [2.24, 2.45) is 0 Å². The van der Waals surface area contributed by atoms with Crippen LogP contribution in [0.1, 0.15) is 25.7 Å². The first-order chi connectivity index (χ1) is 13.7. The van der Waals surface area contributed by atoms with Gasteiger partial charge in [0.2, 0.25) is 5.91 Å². The summed E-state index contributed by atoms with van der Waals surface area (Å²) in [7, 11) is 3.17. The summed E-state index contributed by atoms with van der Waals surface area (Å²) < 4.78 is 10.6. The number of hydrogen-bond acceptors (Lipinski definition) is 5. The van der Waals surface area contributed by atoms with Crippen molar-refractivity contribution < 1.29 is 14.3 Å². The minimum absolute atomic E-state index is 0.141. The lowest BCUT2D eigenvalue weighted by molar-refractivity contribution is -0.114. The maximum Gasteiger partial charge on any atom is 0.243 e. The van der Waals surface area contributed by atoms with Crippen LogP contribution in [0, 0.1) is 0 Å². The first kappa shape index (κ1) is 19.9. The average Bonchev–Trinajstić information content (AvgIpc) is 3.02. The minimum Gasteiger partial charge on any atom is -0.497 e. The Labute approximate surface area is 166 Å². The van der Waals surface area contributed by atoms with E-state index in [9.17, 15) is 4.79 Å². The molecule has 28 heavy (non-hydrogen) atoms. The summed E-state index contributed by atoms with van der Waals surface area (Å²) in [4.78, 5) is 14.9. The Morgan fingerprint density at radius 3 is 2.43 bits per heavy atom. The number of amides is 1. The number of benzene rings is 2. The third kappa shape index (κ3) is 5.09. The Balaban J connectivity index is 1.65. The topological polar surface area (TPSA) is 62.8 Å². The highest BCUT2D eigenvalue weighted by Gasteiger charge is 2.14. The van der Waals surface area contributed by atoms with Crippen LogP contribution in [0.25, 0.3) is 0 Å². The number of para-hydroxylation sites is 2. The van der Waals surface area contributed by atoms with Crippen molar-refractivity contribution in [3.05, 3.63) is 42.5 Å². The van der Waals surface area contributed by atoms with Gasteiger partial charge in [-0.15, -0.1) is 0 Å². The molecular weight excluding hydrogens is 354 g/mol. The van der Waals surface area contributed by atoms with E-state index >= 15 is 0 Å². The maximum absolute atomic E-state index is 12.5. The number of anilines is 3. The molecule has 0 atom stereocenters. The van der Waals surface area contributed by atoms with E-state index in [-0.39, 0.29) is 12.5 Å². The molecule has 6 heteroatoms. The molecule has 0 saturated carbocycles. The van der Waals surface area contributed by atoms with Gasteiger partial charge in [-0.05, 0) is 37.1 Å². The van der Waals surface area contributed by atoms with Gasteiger partial charge in [-0.2, -0.15) is 0 Å². The summed E-state index contributed by atoms with van der Waals surface area (Å²) in [5.41, 5.74) is 2.74. The molecule has 0 radical (unpaired) electrons. The van der Waals surface area contributed by atoms with Crippen molar-refractivity contribution in [2.75, 3.05) is 49.4 Å². The van der Waals surface area contributed by atoms with Crippen molar-refractivity contribution in [3.8, 4) is 11.5 Å². The Morgan fingerprint density at radius 2 is 1.71 bits per heavy atom. The molecule has 0 spiro atoms. The zero-order valence-electron chi connectivity index (χ0n) is 16.7. The van der Waals surface area contributed by atoms with Crippen molar-refractivity contribution in [1.82, 2.24) is 0 Å². The first-order valence-electron chi connectivity index (χ1n) is 9.81. The van der Waals surface area contributed by atoms with Crippen LogP contribution in [-0.2, 0) is 4.79 Å². The predicted octanol–water partition coefficient (Wildman–Crippen LogP) is 4.13. The molecule has 0 bridgehead atoms. The van der Waals surface area contributed by atoms with Crippen molar-refractivity contribution in [2.45, 2.75) is 25.7 Å². The molecular formula is C22H29N3O3. The van der Waals surface area contributed by atoms with Gasteiger partial charge >= 0.3 is 0 Å². The van der Waals surface area contributed by atoms with Crippen LogP contribution in [0.15, 0.2) is 42.5 Å². The Hall–Kier alpha value is -2.89. The molecule has 150 valence electrons. The predicted molar refractivity (Wildman–Crippen MR) is 114 cm³/mol. The highest BCUT2D eigenvalue weighted by Crippen LogP contribution is 2.30. The molecule has 0 aliphatic carbocycles. The number of rotatable bonds is 7. The van der Waals surface area contributed by atoms with Gasteiger partial charge < -0.3 is 25.0 Å². The van der Waals surface area contributed by atoms with Gasteiger partial charge in [-0.1, -0.05) is 25.0 Å². The van der Waals surface area contributed by atoms with Crippen LogP contribution < -0.4 is 25.0 Å². The fraction of sp³-hybridized carbons (Fsp3) is 0.409. The largest absolute Gasteiger partial charge is 0.497 e. The molecule has 0 unspecified atom stereocenters. The summed E-state index contributed by atoms with van der Waals surface area (Å²) in [6, 6.07) is 13.5. The van der Waals surface area contributed by atoms with Crippen molar-refractivity contribution in [1.29, 1.82) is 0 Å². The minimum atomic E-state index is -0.141. The van der Waals surface area contributed by atoms with Gasteiger partial charge in [-0.25, -0.2) is 0 Å². The second-order valence-electron chi connectivity index (χ2n) is 6.89. The summed E-state index contributed by atoms with van der Waals surface area (Å²) in [5, 5.41) is 6.19. The number of nitrogens with one attached hydrogen (secondary N) is 2. The highest BCUT2D eigenvalue weighted by molar-refractivity contribution is 5.95. The Bertz CT molecular complexity index is 786. The number of hydrogen-bond donors (Lipinski definition) is 2. The standard InChI is InChI=1S/C22H29N3O3/c1-27-17-11-12-21(28-2)19(15-17)24-22(26)16-23-18-9-5-6-10-20(18)25-13-7-3-4-8-14-25/h5-6,9-12,15,23H,3-4,7-8,13-14,16H2,1-2H3,(H,24,26). The summed E-state index contributed by atoms with van der Waals surface area (Å²) in [5.74, 6) is 1.12. The molecule has 2 aromatic carbocycles. The lowest BCUT2D eigenvalue weighted by Gasteiger charge is -2.25. The van der Waals surface area contributed by atoms with Crippen molar-refractivity contribution in [3.63, 3.8) is 0 Å². The van der Waals surface area contributed by atoms with Gasteiger partial charge in [0, 0.05) is 19.2 Å². The molecule has 1 fully saturated rings. The number of carbonyl (C=O) groups excluding carboxylic acids is 1. The molecule has 3 rings (SSSR count). The van der Waals surface area contributed by atoms with Crippen LogP contribution in [0.2, 0.25) is 0 Å². The van der Waals surface area contributed by atoms with E-state index < -0.39 is 0 Å². The lowest BCUT2D eigenvalue weighted by atomic mass is 10.2. The molecule has 2 N–H and O–H groups in total. The average molecular weight is 383 g/mol. The lowest BCUT2D eigenvalue weighted by Crippen LogP contribution is -2.26. The fourth-order valence-electron chi connectivity index (χ4n) is 3.49. The normalized spacial score (nSPS) is 14.1. The third-order valence-corrected chi connectivity index (χ3v) is 4.97. The number of methoxy groups -OCH3 is 2. The molecule has 6 nitrogen and oxygen atoms in total. The highest BCUT2D eigenvalue weighted by atomic mass is 16.5. The number of nitrogens with zero attached hydrogens (tertiary/aromatic N) is 1. The van der Waals surface area contributed by atoms with Gasteiger partial charge in [0.15, 0.2) is 0 Å². The molecule has 0 aromatic heterocycles. The van der Waals surface area contributed by atoms with E-state index in [0.717, 1.165) is 24.5 Å². The van der Waals surface area contributed by atoms with Gasteiger partial charge in [-0.3, -0.25) is 4.79 Å². The second kappa shape index (κ2) is 9.88. The summed E-state index contributed by atoms with van der Waals surface area (Å²) in [6.07, 6.45) is 5.00. The van der Waals surface area contributed by atoms with E-state index in [1.54, 1.807) is 32.4 Å². The van der Waals surface area contributed by atoms with E-state index in [4.69, 9.17) is 9.47 Å². The van der Waals surface area contributed by atoms with Crippen molar-refractivity contribution >= 4 is 23.0 Å². The van der Waals surface area contributed by atoms with E-state index in [1.807, 2.05) is 18.2 Å². The fourth-order valence-corrected chi connectivity index (χ4v) is 3.49. The Morgan fingerprint density at radius 1 is 0.964 bits per heavy atom. The second-order valence-corrected chi connectivity index (χ2v) is 6.89. The van der Waals surface area contributed by atoms with Gasteiger partial charge in [0.25, 0.3) is 0 Å². The zero-order chi connectivity index (χ0) is 19.8. The molecule has 2 aromatic rings. The number of carbonyl (C=O) groups is 1. The van der Waals surface area contributed by atoms with E-state index in [0.29, 0.717) is 17.2 Å². The SMILES string of the molecule is COc1ccc(OC)c(NC(=O)CNc2ccccc2N2CCCCCC2)c1. The smallest absolute Gasteiger partial charge is 0.243 e. The molecule has 1 amide bonds. The van der Waals surface area contributed by atoms with Crippen LogP contribution in [0.4, 0.5) is 17.1 Å². The van der Waals surface area contributed by atoms with Gasteiger partial charge in [0.05, 0.1) is 37.8 Å².